The smallest absolute Gasteiger partial charge is 0.0639 e. The van der Waals surface area contributed by atoms with Crippen LogP contribution in [0.4, 0.5) is 0 Å². The zero-order valence-corrected chi connectivity index (χ0v) is 15.1. The Kier molecular flexibility index (Phi) is 22.5. The average molecular weight is 324 g/mol. The van der Waals surface area contributed by atoms with Crippen LogP contribution in [0.2, 0.25) is 0 Å². The number of ether oxygens (including phenoxy) is 1. The van der Waals surface area contributed by atoms with Gasteiger partial charge in [0.15, 0.2) is 0 Å². The monoisotopic (exact) mass is 323 g/mol. The maximum Gasteiger partial charge on any atom is 0.0639 e. The SMILES string of the molecule is CCCCCCCCCCCCCCOCC(C)NO.Cl. The largest absolute Gasteiger partial charge is 0.380 e. The Morgan fingerprint density at radius 1 is 0.810 bits per heavy atom. The Hall–Kier alpha value is 0.170. The Labute approximate surface area is 138 Å². The van der Waals surface area contributed by atoms with E-state index in [1.165, 1.54) is 70.6 Å². The van der Waals surface area contributed by atoms with Crippen LogP contribution in [0.3, 0.4) is 0 Å². The molecule has 0 saturated heterocycles. The maximum atomic E-state index is 8.61. The molecule has 0 aliphatic carbocycles. The summed E-state index contributed by atoms with van der Waals surface area (Å²) in [6.07, 6.45) is 16.5. The van der Waals surface area contributed by atoms with E-state index in [1.807, 2.05) is 6.92 Å². The van der Waals surface area contributed by atoms with Crippen molar-refractivity contribution in [2.75, 3.05) is 13.2 Å². The van der Waals surface area contributed by atoms with Crippen molar-refractivity contribution < 1.29 is 9.94 Å². The third kappa shape index (κ3) is 20.2. The summed E-state index contributed by atoms with van der Waals surface area (Å²) in [5.74, 6) is 0. The van der Waals surface area contributed by atoms with Crippen LogP contribution < -0.4 is 5.48 Å². The van der Waals surface area contributed by atoms with Crippen LogP contribution in [-0.2, 0) is 4.74 Å². The highest BCUT2D eigenvalue weighted by molar-refractivity contribution is 5.85. The molecule has 0 fully saturated rings. The molecule has 0 amide bonds. The minimum atomic E-state index is 0. The van der Waals surface area contributed by atoms with Gasteiger partial charge in [-0.3, -0.25) is 0 Å². The molecule has 1 unspecified atom stereocenters. The lowest BCUT2D eigenvalue weighted by Gasteiger charge is -2.09. The number of halogens is 1. The first-order valence-electron chi connectivity index (χ1n) is 8.78. The van der Waals surface area contributed by atoms with Crippen LogP contribution in [0.15, 0.2) is 0 Å². The molecule has 0 radical (unpaired) electrons. The highest BCUT2D eigenvalue weighted by atomic mass is 35.5. The molecule has 4 heteroatoms. The second kappa shape index (κ2) is 20.2. The lowest BCUT2D eigenvalue weighted by atomic mass is 10.1. The summed E-state index contributed by atoms with van der Waals surface area (Å²) in [5.41, 5.74) is 2.19. The van der Waals surface area contributed by atoms with Gasteiger partial charge in [0.05, 0.1) is 12.6 Å². The predicted octanol–water partition coefficient (Wildman–Crippen LogP) is 5.49. The molecule has 0 aliphatic heterocycles. The Morgan fingerprint density at radius 2 is 1.24 bits per heavy atom. The number of rotatable bonds is 16. The van der Waals surface area contributed by atoms with Crippen molar-refractivity contribution in [1.82, 2.24) is 5.48 Å². The zero-order valence-electron chi connectivity index (χ0n) is 14.2. The summed E-state index contributed by atoms with van der Waals surface area (Å²) >= 11 is 0. The normalized spacial score (nSPS) is 12.1. The van der Waals surface area contributed by atoms with Crippen molar-refractivity contribution >= 4 is 12.4 Å². The first-order valence-corrected chi connectivity index (χ1v) is 8.78. The summed E-state index contributed by atoms with van der Waals surface area (Å²) in [5, 5.41) is 8.61. The second-order valence-corrected chi connectivity index (χ2v) is 5.99. The van der Waals surface area contributed by atoms with Crippen LogP contribution in [-0.4, -0.2) is 24.5 Å². The average Bonchev–Trinajstić information content (AvgIpc) is 2.47. The van der Waals surface area contributed by atoms with Gasteiger partial charge >= 0.3 is 0 Å². The molecule has 130 valence electrons. The van der Waals surface area contributed by atoms with Crippen molar-refractivity contribution in [3.8, 4) is 0 Å². The molecule has 1 atom stereocenters. The summed E-state index contributed by atoms with van der Waals surface area (Å²) in [6.45, 7) is 5.59. The zero-order chi connectivity index (χ0) is 14.9. The minimum Gasteiger partial charge on any atom is -0.380 e. The molecule has 0 aromatic rings. The molecule has 0 aliphatic rings. The topological polar surface area (TPSA) is 41.5 Å². The number of unbranched alkanes of at least 4 members (excludes halogenated alkanes) is 11. The molecule has 0 aromatic carbocycles. The molecule has 21 heavy (non-hydrogen) atoms. The van der Waals surface area contributed by atoms with Gasteiger partial charge in [0.1, 0.15) is 0 Å². The fourth-order valence-electron chi connectivity index (χ4n) is 2.34. The van der Waals surface area contributed by atoms with E-state index in [-0.39, 0.29) is 18.4 Å². The van der Waals surface area contributed by atoms with Crippen molar-refractivity contribution in [2.45, 2.75) is 96.9 Å². The molecule has 0 spiro atoms. The molecule has 0 heterocycles. The van der Waals surface area contributed by atoms with Gasteiger partial charge in [0.25, 0.3) is 0 Å². The lowest BCUT2D eigenvalue weighted by Crippen LogP contribution is -2.27. The summed E-state index contributed by atoms with van der Waals surface area (Å²) < 4.78 is 5.46. The van der Waals surface area contributed by atoms with Gasteiger partial charge in [-0.2, -0.15) is 0 Å². The fraction of sp³-hybridized carbons (Fsp3) is 1.00. The van der Waals surface area contributed by atoms with Crippen molar-refractivity contribution in [3.63, 3.8) is 0 Å². The second-order valence-electron chi connectivity index (χ2n) is 5.99. The van der Waals surface area contributed by atoms with Crippen molar-refractivity contribution in [3.05, 3.63) is 0 Å². The molecule has 0 saturated carbocycles. The third-order valence-electron chi connectivity index (χ3n) is 3.73. The highest BCUT2D eigenvalue weighted by Crippen LogP contribution is 2.11. The molecule has 3 nitrogen and oxygen atoms in total. The highest BCUT2D eigenvalue weighted by Gasteiger charge is 1.98. The molecule has 2 N–H and O–H groups in total. The van der Waals surface area contributed by atoms with E-state index in [9.17, 15) is 0 Å². The van der Waals surface area contributed by atoms with Crippen LogP contribution in [0.5, 0.6) is 0 Å². The summed E-state index contributed by atoms with van der Waals surface area (Å²) in [7, 11) is 0. The van der Waals surface area contributed by atoms with Crippen LogP contribution in [0.25, 0.3) is 0 Å². The molecular weight excluding hydrogens is 286 g/mol. The van der Waals surface area contributed by atoms with Gasteiger partial charge in [-0.05, 0) is 13.3 Å². The van der Waals surface area contributed by atoms with E-state index >= 15 is 0 Å². The van der Waals surface area contributed by atoms with Gasteiger partial charge in [0, 0.05) is 6.61 Å². The van der Waals surface area contributed by atoms with E-state index < -0.39 is 0 Å². The molecule has 0 bridgehead atoms. The quantitative estimate of drug-likeness (QED) is 0.291. The van der Waals surface area contributed by atoms with Crippen LogP contribution in [0, 0.1) is 0 Å². The summed E-state index contributed by atoms with van der Waals surface area (Å²) in [4.78, 5) is 0. The standard InChI is InChI=1S/C17H37NO2.ClH/c1-3-4-5-6-7-8-9-10-11-12-13-14-15-20-16-17(2)18-19;/h17-19H,3-16H2,1-2H3;1H. The van der Waals surface area contributed by atoms with E-state index in [0.717, 1.165) is 13.0 Å². The fourth-order valence-corrected chi connectivity index (χ4v) is 2.34. The predicted molar refractivity (Wildman–Crippen MR) is 93.5 cm³/mol. The van der Waals surface area contributed by atoms with Crippen LogP contribution >= 0.6 is 12.4 Å². The lowest BCUT2D eigenvalue weighted by molar-refractivity contribution is 0.0547. The van der Waals surface area contributed by atoms with Gasteiger partial charge in [0.2, 0.25) is 0 Å². The van der Waals surface area contributed by atoms with Crippen molar-refractivity contribution in [2.24, 2.45) is 0 Å². The Balaban J connectivity index is 0. The van der Waals surface area contributed by atoms with Gasteiger partial charge in [-0.15, -0.1) is 12.4 Å². The number of hydroxylamine groups is 1. The maximum absolute atomic E-state index is 8.61. The Bertz CT molecular complexity index is 182. The number of nitrogens with one attached hydrogen (secondary N) is 1. The first kappa shape index (κ1) is 23.4. The van der Waals surface area contributed by atoms with Crippen LogP contribution in [0.1, 0.15) is 90.9 Å². The van der Waals surface area contributed by atoms with E-state index in [4.69, 9.17) is 9.94 Å². The molecular formula is C17H38ClNO2. The van der Waals surface area contributed by atoms with E-state index in [2.05, 4.69) is 12.4 Å². The van der Waals surface area contributed by atoms with E-state index in [1.54, 1.807) is 0 Å². The van der Waals surface area contributed by atoms with Gasteiger partial charge in [-0.25, -0.2) is 5.48 Å². The van der Waals surface area contributed by atoms with Crippen molar-refractivity contribution in [1.29, 1.82) is 0 Å². The Morgan fingerprint density at radius 3 is 1.67 bits per heavy atom. The van der Waals surface area contributed by atoms with E-state index in [0.29, 0.717) is 6.61 Å². The van der Waals surface area contributed by atoms with Gasteiger partial charge < -0.3 is 9.94 Å². The molecule has 0 rings (SSSR count). The number of hydrogen-bond acceptors (Lipinski definition) is 3. The molecule has 0 aromatic heterocycles. The first-order chi connectivity index (χ1) is 9.81. The minimum absolute atomic E-state index is 0. The summed E-state index contributed by atoms with van der Waals surface area (Å²) in [6, 6.07) is 0.0346. The third-order valence-corrected chi connectivity index (χ3v) is 3.73. The van der Waals surface area contributed by atoms with Gasteiger partial charge in [-0.1, -0.05) is 77.6 Å². The number of hydrogen-bond donors (Lipinski definition) is 2.